The summed E-state index contributed by atoms with van der Waals surface area (Å²) in [5, 5.41) is 4.59. The molecule has 0 saturated carbocycles. The number of hydrogen-bond donors (Lipinski definition) is 0. The Balaban J connectivity index is 1.50. The Morgan fingerprint density at radius 1 is 1.25 bits per heavy atom. The van der Waals surface area contributed by atoms with Crippen molar-refractivity contribution in [2.75, 3.05) is 7.05 Å². The highest BCUT2D eigenvalue weighted by Crippen LogP contribution is 2.20. The number of rotatable bonds is 7. The third kappa shape index (κ3) is 5.39. The van der Waals surface area contributed by atoms with Crippen molar-refractivity contribution in [2.24, 2.45) is 0 Å². The van der Waals surface area contributed by atoms with Crippen molar-refractivity contribution in [1.29, 1.82) is 0 Å². The Morgan fingerprint density at radius 2 is 2.00 bits per heavy atom. The molecule has 0 atom stereocenters. The predicted molar refractivity (Wildman–Crippen MR) is 108 cm³/mol. The van der Waals surface area contributed by atoms with Crippen molar-refractivity contribution in [2.45, 2.75) is 25.8 Å². The number of carbonyl (C=O) groups excluding carboxylic acids is 1. The van der Waals surface area contributed by atoms with E-state index in [1.807, 2.05) is 12.1 Å². The first kappa shape index (κ1) is 20.5. The lowest BCUT2D eigenvalue weighted by Gasteiger charge is -2.17. The molecule has 3 aromatic rings. The number of aromatic nitrogens is 2. The van der Waals surface area contributed by atoms with Gasteiger partial charge in [-0.05, 0) is 48.9 Å². The third-order valence-electron chi connectivity index (χ3n) is 4.19. The van der Waals surface area contributed by atoms with E-state index in [1.54, 1.807) is 31.3 Å². The van der Waals surface area contributed by atoms with Crippen LogP contribution in [-0.4, -0.2) is 28.0 Å². The van der Waals surface area contributed by atoms with Crippen molar-refractivity contribution >= 4 is 33.4 Å². The lowest BCUT2D eigenvalue weighted by atomic mass is 10.1. The second kappa shape index (κ2) is 9.30. The van der Waals surface area contributed by atoms with E-state index < -0.39 is 0 Å². The molecule has 0 fully saturated rings. The van der Waals surface area contributed by atoms with Crippen molar-refractivity contribution in [3.05, 3.63) is 69.2 Å². The van der Waals surface area contributed by atoms with E-state index in [1.165, 1.54) is 11.0 Å². The molecule has 1 heterocycles. The summed E-state index contributed by atoms with van der Waals surface area (Å²) in [6.07, 6.45) is 1.36. The van der Waals surface area contributed by atoms with Gasteiger partial charge in [-0.15, -0.1) is 0 Å². The first-order valence-corrected chi connectivity index (χ1v) is 9.86. The molecule has 0 bridgehead atoms. The lowest BCUT2D eigenvalue weighted by Crippen LogP contribution is -2.26. The standard InChI is InChI=1S/C20H18BrClFN3O2/c1-26(12-14-11-15(21)7-10-17(14)23)19(27)4-2-3-18-24-20(25-28-18)13-5-8-16(22)9-6-13/h5-11H,2-4,12H2,1H3. The maximum Gasteiger partial charge on any atom is 0.226 e. The molecule has 28 heavy (non-hydrogen) atoms. The lowest BCUT2D eigenvalue weighted by molar-refractivity contribution is -0.130. The summed E-state index contributed by atoms with van der Waals surface area (Å²) in [7, 11) is 1.66. The van der Waals surface area contributed by atoms with Gasteiger partial charge in [0.1, 0.15) is 5.82 Å². The highest BCUT2D eigenvalue weighted by molar-refractivity contribution is 9.10. The Hall–Kier alpha value is -2.25. The van der Waals surface area contributed by atoms with Gasteiger partial charge in [0.2, 0.25) is 17.6 Å². The minimum atomic E-state index is -0.330. The van der Waals surface area contributed by atoms with Crippen LogP contribution in [0.25, 0.3) is 11.4 Å². The Morgan fingerprint density at radius 3 is 2.75 bits per heavy atom. The molecule has 0 aliphatic heterocycles. The van der Waals surface area contributed by atoms with Crippen molar-refractivity contribution in [1.82, 2.24) is 15.0 Å². The van der Waals surface area contributed by atoms with Gasteiger partial charge in [-0.25, -0.2) is 4.39 Å². The zero-order chi connectivity index (χ0) is 20.1. The summed E-state index contributed by atoms with van der Waals surface area (Å²) >= 11 is 9.19. The molecule has 5 nitrogen and oxygen atoms in total. The van der Waals surface area contributed by atoms with Gasteiger partial charge in [0.05, 0.1) is 0 Å². The largest absolute Gasteiger partial charge is 0.341 e. The first-order chi connectivity index (χ1) is 13.4. The number of halogens is 3. The predicted octanol–water partition coefficient (Wildman–Crippen LogP) is 5.27. The van der Waals surface area contributed by atoms with Gasteiger partial charge in [-0.1, -0.05) is 32.7 Å². The third-order valence-corrected chi connectivity index (χ3v) is 4.94. The van der Waals surface area contributed by atoms with Gasteiger partial charge in [0.25, 0.3) is 0 Å². The van der Waals surface area contributed by atoms with Gasteiger partial charge in [-0.2, -0.15) is 4.98 Å². The minimum Gasteiger partial charge on any atom is -0.341 e. The smallest absolute Gasteiger partial charge is 0.226 e. The normalized spacial score (nSPS) is 10.9. The number of aryl methyl sites for hydroxylation is 1. The highest BCUT2D eigenvalue weighted by Gasteiger charge is 2.14. The van der Waals surface area contributed by atoms with Gasteiger partial charge in [-0.3, -0.25) is 4.79 Å². The maximum atomic E-state index is 13.8. The second-order valence-electron chi connectivity index (χ2n) is 6.36. The molecule has 1 amide bonds. The fourth-order valence-corrected chi connectivity index (χ4v) is 3.20. The molecule has 1 aromatic heterocycles. The fourth-order valence-electron chi connectivity index (χ4n) is 2.66. The Kier molecular flexibility index (Phi) is 6.80. The van der Waals surface area contributed by atoms with Crippen LogP contribution in [0.3, 0.4) is 0 Å². The van der Waals surface area contributed by atoms with Gasteiger partial charge in [0.15, 0.2) is 0 Å². The highest BCUT2D eigenvalue weighted by atomic mass is 79.9. The zero-order valence-corrected chi connectivity index (χ0v) is 17.5. The van der Waals surface area contributed by atoms with E-state index in [-0.39, 0.29) is 18.3 Å². The maximum absolute atomic E-state index is 13.8. The number of nitrogens with zero attached hydrogens (tertiary/aromatic N) is 3. The Bertz CT molecular complexity index is 962. The zero-order valence-electron chi connectivity index (χ0n) is 15.2. The molecule has 146 valence electrons. The molecular formula is C20H18BrClFN3O2. The summed E-state index contributed by atoms with van der Waals surface area (Å²) < 4.78 is 19.9. The van der Waals surface area contributed by atoms with Crippen molar-refractivity contribution < 1.29 is 13.7 Å². The summed E-state index contributed by atoms with van der Waals surface area (Å²) in [5.41, 5.74) is 1.28. The van der Waals surface area contributed by atoms with Gasteiger partial charge >= 0.3 is 0 Å². The molecule has 0 aliphatic rings. The van der Waals surface area contributed by atoms with E-state index in [2.05, 4.69) is 26.1 Å². The average molecular weight is 467 g/mol. The molecule has 8 heteroatoms. The second-order valence-corrected chi connectivity index (χ2v) is 7.71. The van der Waals surface area contributed by atoms with E-state index in [4.69, 9.17) is 16.1 Å². The van der Waals surface area contributed by atoms with Gasteiger partial charge < -0.3 is 9.42 Å². The fraction of sp³-hybridized carbons (Fsp3) is 0.250. The monoisotopic (exact) mass is 465 g/mol. The molecule has 0 unspecified atom stereocenters. The van der Waals surface area contributed by atoms with Crippen molar-refractivity contribution in [3.63, 3.8) is 0 Å². The van der Waals surface area contributed by atoms with Gasteiger partial charge in [0, 0.05) is 47.1 Å². The molecule has 0 N–H and O–H groups in total. The van der Waals surface area contributed by atoms with Crippen LogP contribution < -0.4 is 0 Å². The SMILES string of the molecule is CN(Cc1cc(Br)ccc1F)C(=O)CCCc1nc(-c2ccc(Cl)cc2)no1. The van der Waals surface area contributed by atoms with Crippen LogP contribution in [0.4, 0.5) is 4.39 Å². The van der Waals surface area contributed by atoms with Crippen LogP contribution in [0.5, 0.6) is 0 Å². The summed E-state index contributed by atoms with van der Waals surface area (Å²) in [6.45, 7) is 0.214. The molecule has 3 rings (SSSR count). The molecule has 2 aromatic carbocycles. The molecule has 0 saturated heterocycles. The molecule has 0 radical (unpaired) electrons. The minimum absolute atomic E-state index is 0.0724. The van der Waals surface area contributed by atoms with Crippen LogP contribution in [0.2, 0.25) is 5.02 Å². The first-order valence-electron chi connectivity index (χ1n) is 8.69. The summed E-state index contributed by atoms with van der Waals surface area (Å²) in [5.74, 6) is 0.555. The number of carbonyl (C=O) groups is 1. The number of benzene rings is 2. The number of amides is 1. The molecule has 0 aliphatic carbocycles. The summed E-state index contributed by atoms with van der Waals surface area (Å²) in [6, 6.07) is 11.8. The van der Waals surface area contributed by atoms with E-state index >= 15 is 0 Å². The molecular weight excluding hydrogens is 449 g/mol. The van der Waals surface area contributed by atoms with Crippen LogP contribution in [0.15, 0.2) is 51.5 Å². The van der Waals surface area contributed by atoms with Crippen LogP contribution in [0, 0.1) is 5.82 Å². The average Bonchev–Trinajstić information content (AvgIpc) is 3.14. The topological polar surface area (TPSA) is 59.2 Å². The summed E-state index contributed by atoms with van der Waals surface area (Å²) in [4.78, 5) is 18.2. The van der Waals surface area contributed by atoms with E-state index in [9.17, 15) is 9.18 Å². The quantitative estimate of drug-likeness (QED) is 0.476. The van der Waals surface area contributed by atoms with E-state index in [0.717, 1.165) is 10.0 Å². The van der Waals surface area contributed by atoms with E-state index in [0.29, 0.717) is 41.6 Å². The van der Waals surface area contributed by atoms with Crippen molar-refractivity contribution in [3.8, 4) is 11.4 Å². The number of hydrogen-bond acceptors (Lipinski definition) is 4. The Labute approximate surface area is 175 Å². The van der Waals surface area contributed by atoms with Crippen LogP contribution in [0.1, 0.15) is 24.3 Å². The van der Waals surface area contributed by atoms with Crippen LogP contribution in [-0.2, 0) is 17.8 Å². The van der Waals surface area contributed by atoms with Crippen LogP contribution >= 0.6 is 27.5 Å². The molecule has 0 spiro atoms.